The Hall–Kier alpha value is -0.940. The molecule has 15 heavy (non-hydrogen) atoms. The third-order valence-corrected chi connectivity index (χ3v) is 2.54. The zero-order chi connectivity index (χ0) is 11.4. The van der Waals surface area contributed by atoms with Gasteiger partial charge >= 0.3 is 0 Å². The Kier molecular flexibility index (Phi) is 4.23. The van der Waals surface area contributed by atoms with E-state index in [0.717, 1.165) is 10.0 Å². The van der Waals surface area contributed by atoms with Gasteiger partial charge in [-0.1, -0.05) is 40.3 Å². The van der Waals surface area contributed by atoms with Crippen LogP contribution < -0.4 is 11.1 Å². The number of amides is 1. The van der Waals surface area contributed by atoms with E-state index >= 15 is 0 Å². The van der Waals surface area contributed by atoms with Gasteiger partial charge in [-0.3, -0.25) is 4.79 Å². The molecule has 1 aromatic rings. The first-order chi connectivity index (χ1) is 7.00. The Morgan fingerprint density at radius 3 is 2.73 bits per heavy atom. The van der Waals surface area contributed by atoms with Crippen molar-refractivity contribution in [3.05, 3.63) is 34.3 Å². The van der Waals surface area contributed by atoms with E-state index in [1.54, 1.807) is 0 Å². The zero-order valence-corrected chi connectivity index (χ0v) is 10.6. The van der Waals surface area contributed by atoms with E-state index in [1.807, 2.05) is 24.3 Å². The van der Waals surface area contributed by atoms with Crippen LogP contribution in [0.25, 0.3) is 0 Å². The molecule has 0 saturated heterocycles. The molecule has 0 bridgehead atoms. The number of rotatable bonds is 3. The number of benzene rings is 1. The topological polar surface area (TPSA) is 55.1 Å². The number of carbonyl (C=O) groups excluding carboxylic acids is 1. The molecule has 5 heteroatoms. The molecule has 0 heterocycles. The molecule has 1 rings (SSSR count). The van der Waals surface area contributed by atoms with E-state index in [0.29, 0.717) is 0 Å². The molecule has 3 nitrogen and oxygen atoms in total. The average molecular weight is 287 g/mol. The van der Waals surface area contributed by atoms with Crippen LogP contribution in [-0.4, -0.2) is 10.9 Å². The highest BCUT2D eigenvalue weighted by molar-refractivity contribution is 9.10. The van der Waals surface area contributed by atoms with Gasteiger partial charge in [0.05, 0.1) is 0 Å². The van der Waals surface area contributed by atoms with Crippen molar-refractivity contribution < 1.29 is 4.79 Å². The predicted molar refractivity (Wildman–Crippen MR) is 67.5 cm³/mol. The molecule has 1 atom stereocenters. The number of nitrogens with one attached hydrogen (secondary N) is 1. The minimum absolute atomic E-state index is 0.159. The summed E-state index contributed by atoms with van der Waals surface area (Å²) in [5, 5.41) is 2.70. The Labute approximate surface area is 102 Å². The van der Waals surface area contributed by atoms with Crippen LogP contribution in [0.4, 0.5) is 0 Å². The quantitative estimate of drug-likeness (QED) is 0.835. The lowest BCUT2D eigenvalue weighted by Crippen LogP contribution is -2.35. The normalized spacial score (nSPS) is 11.9. The Balaban J connectivity index is 2.98. The molecule has 1 unspecified atom stereocenters. The molecular formula is C10H11BrN2OS. The lowest BCUT2D eigenvalue weighted by molar-refractivity contribution is -0.119. The highest BCUT2D eigenvalue weighted by Gasteiger charge is 2.15. The molecule has 0 radical (unpaired) electrons. The van der Waals surface area contributed by atoms with Crippen molar-refractivity contribution in [2.24, 2.45) is 5.73 Å². The third-order valence-electron chi connectivity index (χ3n) is 1.81. The molecule has 0 aliphatic rings. The largest absolute Gasteiger partial charge is 0.391 e. The molecule has 0 saturated carbocycles. The van der Waals surface area contributed by atoms with Crippen molar-refractivity contribution in [2.45, 2.75) is 13.0 Å². The summed E-state index contributed by atoms with van der Waals surface area (Å²) in [5.74, 6) is -0.159. The Morgan fingerprint density at radius 1 is 1.60 bits per heavy atom. The zero-order valence-electron chi connectivity index (χ0n) is 8.16. The van der Waals surface area contributed by atoms with Crippen LogP contribution in [0.1, 0.15) is 18.5 Å². The number of hydrogen-bond acceptors (Lipinski definition) is 2. The van der Waals surface area contributed by atoms with Gasteiger partial charge in [0, 0.05) is 11.4 Å². The summed E-state index contributed by atoms with van der Waals surface area (Å²) in [7, 11) is 0. The SMILES string of the molecule is CC(=O)NC(C(N)=S)c1cccc(Br)c1. The van der Waals surface area contributed by atoms with Gasteiger partial charge in [0.15, 0.2) is 0 Å². The van der Waals surface area contributed by atoms with E-state index in [9.17, 15) is 4.79 Å². The van der Waals surface area contributed by atoms with E-state index in [2.05, 4.69) is 21.2 Å². The summed E-state index contributed by atoms with van der Waals surface area (Å²) in [6, 6.07) is 7.10. The summed E-state index contributed by atoms with van der Waals surface area (Å²) >= 11 is 8.26. The van der Waals surface area contributed by atoms with Gasteiger partial charge in [0.1, 0.15) is 11.0 Å². The lowest BCUT2D eigenvalue weighted by atomic mass is 10.1. The van der Waals surface area contributed by atoms with Crippen molar-refractivity contribution in [1.29, 1.82) is 0 Å². The van der Waals surface area contributed by atoms with Gasteiger partial charge in [-0.25, -0.2) is 0 Å². The average Bonchev–Trinajstić information content (AvgIpc) is 2.13. The van der Waals surface area contributed by atoms with E-state index in [1.165, 1.54) is 6.92 Å². The summed E-state index contributed by atoms with van der Waals surface area (Å²) in [4.78, 5) is 11.2. The van der Waals surface area contributed by atoms with E-state index in [-0.39, 0.29) is 10.9 Å². The first-order valence-electron chi connectivity index (χ1n) is 4.32. The molecular weight excluding hydrogens is 276 g/mol. The maximum atomic E-state index is 11.0. The fraction of sp³-hybridized carbons (Fsp3) is 0.200. The maximum Gasteiger partial charge on any atom is 0.217 e. The van der Waals surface area contributed by atoms with Crippen LogP contribution in [0.3, 0.4) is 0 Å². The standard InChI is InChI=1S/C10H11BrN2OS/c1-6(14)13-9(10(12)15)7-3-2-4-8(11)5-7/h2-5,9H,1H3,(H2,12,15)(H,13,14). The number of halogens is 1. The monoisotopic (exact) mass is 286 g/mol. The van der Waals surface area contributed by atoms with Crippen molar-refractivity contribution in [1.82, 2.24) is 5.32 Å². The van der Waals surface area contributed by atoms with Gasteiger partial charge in [0.25, 0.3) is 0 Å². The second-order valence-corrected chi connectivity index (χ2v) is 4.48. The summed E-state index contributed by atoms with van der Waals surface area (Å²) in [6.07, 6.45) is 0. The first-order valence-corrected chi connectivity index (χ1v) is 5.52. The summed E-state index contributed by atoms with van der Waals surface area (Å²) in [6.45, 7) is 1.43. The number of nitrogens with two attached hydrogens (primary N) is 1. The third kappa shape index (κ3) is 3.60. The van der Waals surface area contributed by atoms with Gasteiger partial charge < -0.3 is 11.1 Å². The molecule has 80 valence electrons. The summed E-state index contributed by atoms with van der Waals surface area (Å²) in [5.41, 5.74) is 6.44. The van der Waals surface area contributed by atoms with E-state index in [4.69, 9.17) is 18.0 Å². The minimum atomic E-state index is -0.407. The molecule has 3 N–H and O–H groups in total. The van der Waals surface area contributed by atoms with Crippen molar-refractivity contribution in [3.63, 3.8) is 0 Å². The highest BCUT2D eigenvalue weighted by Crippen LogP contribution is 2.18. The molecule has 0 aromatic heterocycles. The molecule has 0 fully saturated rings. The van der Waals surface area contributed by atoms with Crippen LogP contribution in [0.15, 0.2) is 28.7 Å². The van der Waals surface area contributed by atoms with Crippen molar-refractivity contribution in [3.8, 4) is 0 Å². The minimum Gasteiger partial charge on any atom is -0.391 e. The van der Waals surface area contributed by atoms with Gasteiger partial charge in [-0.15, -0.1) is 0 Å². The fourth-order valence-electron chi connectivity index (χ4n) is 1.21. The summed E-state index contributed by atoms with van der Waals surface area (Å²) < 4.78 is 0.923. The van der Waals surface area contributed by atoms with Crippen LogP contribution in [0, 0.1) is 0 Å². The Bertz CT molecular complexity index is 395. The first kappa shape index (κ1) is 12.1. The van der Waals surface area contributed by atoms with Crippen molar-refractivity contribution >= 4 is 39.0 Å². The van der Waals surface area contributed by atoms with Gasteiger partial charge in [0.2, 0.25) is 5.91 Å². The number of hydrogen-bond donors (Lipinski definition) is 2. The maximum absolute atomic E-state index is 11.0. The van der Waals surface area contributed by atoms with E-state index < -0.39 is 6.04 Å². The second kappa shape index (κ2) is 5.23. The van der Waals surface area contributed by atoms with Gasteiger partial charge in [-0.2, -0.15) is 0 Å². The predicted octanol–water partition coefficient (Wildman–Crippen LogP) is 1.91. The second-order valence-electron chi connectivity index (χ2n) is 3.09. The molecule has 1 amide bonds. The Morgan fingerprint density at radius 2 is 2.27 bits per heavy atom. The fourth-order valence-corrected chi connectivity index (χ4v) is 1.82. The number of thiocarbonyl (C=S) groups is 1. The number of carbonyl (C=O) groups is 1. The van der Waals surface area contributed by atoms with Gasteiger partial charge in [-0.05, 0) is 17.7 Å². The molecule has 0 spiro atoms. The molecule has 1 aromatic carbocycles. The van der Waals surface area contributed by atoms with Crippen LogP contribution in [-0.2, 0) is 4.79 Å². The molecule has 0 aliphatic carbocycles. The van der Waals surface area contributed by atoms with Crippen molar-refractivity contribution in [2.75, 3.05) is 0 Å². The van der Waals surface area contributed by atoms with Crippen LogP contribution in [0.5, 0.6) is 0 Å². The smallest absolute Gasteiger partial charge is 0.217 e. The van der Waals surface area contributed by atoms with Crippen LogP contribution in [0.2, 0.25) is 0 Å². The highest BCUT2D eigenvalue weighted by atomic mass is 79.9. The molecule has 0 aliphatic heterocycles. The lowest BCUT2D eigenvalue weighted by Gasteiger charge is -2.16. The van der Waals surface area contributed by atoms with Crippen LogP contribution >= 0.6 is 28.1 Å².